The highest BCUT2D eigenvalue weighted by Crippen LogP contribution is 2.48. The molecule has 0 aliphatic heterocycles. The molecule has 2 bridgehead atoms. The minimum atomic E-state index is -0.992. The molecular formula is C15H20N4O3. The Labute approximate surface area is 128 Å². The maximum atomic E-state index is 12.4. The van der Waals surface area contributed by atoms with Crippen LogP contribution in [-0.2, 0) is 0 Å². The summed E-state index contributed by atoms with van der Waals surface area (Å²) >= 11 is 0. The summed E-state index contributed by atoms with van der Waals surface area (Å²) in [7, 11) is 0. The fourth-order valence-electron chi connectivity index (χ4n) is 3.94. The van der Waals surface area contributed by atoms with Crippen molar-refractivity contribution in [1.82, 2.24) is 20.6 Å². The highest BCUT2D eigenvalue weighted by atomic mass is 16.4. The lowest BCUT2D eigenvalue weighted by atomic mass is 9.78. The molecule has 3 N–H and O–H groups in total. The first-order chi connectivity index (χ1) is 10.4. The second kappa shape index (κ2) is 5.23. The first-order valence-corrected chi connectivity index (χ1v) is 7.54. The van der Waals surface area contributed by atoms with Gasteiger partial charge < -0.3 is 15.7 Å². The Bertz CT molecular complexity index is 621. The van der Waals surface area contributed by atoms with E-state index in [2.05, 4.69) is 20.6 Å². The van der Waals surface area contributed by atoms with E-state index in [-0.39, 0.29) is 11.4 Å². The van der Waals surface area contributed by atoms with E-state index in [1.165, 1.54) is 6.20 Å². The summed E-state index contributed by atoms with van der Waals surface area (Å²) in [4.78, 5) is 31.6. The van der Waals surface area contributed by atoms with Gasteiger partial charge in [-0.05, 0) is 45.4 Å². The molecule has 2 amide bonds. The van der Waals surface area contributed by atoms with Crippen LogP contribution in [0, 0.1) is 6.92 Å². The Morgan fingerprint density at radius 3 is 2.45 bits per heavy atom. The Hall–Kier alpha value is -2.18. The second-order valence-electron chi connectivity index (χ2n) is 6.52. The van der Waals surface area contributed by atoms with Crippen molar-refractivity contribution < 1.29 is 14.7 Å². The van der Waals surface area contributed by atoms with Crippen molar-refractivity contribution in [2.45, 2.75) is 56.5 Å². The predicted molar refractivity (Wildman–Crippen MR) is 78.6 cm³/mol. The standard InChI is InChI=1S/C15H20N4O3/c1-10-7-16-8-11(17-10)12(20)18-14-3-2-4-15(9-14,6-5-14)19-13(21)22/h7-8,19H,2-6,9H2,1H3,(H,18,20)(H,21,22). The van der Waals surface area contributed by atoms with E-state index in [1.54, 1.807) is 13.1 Å². The van der Waals surface area contributed by atoms with E-state index in [9.17, 15) is 9.59 Å². The molecule has 2 atom stereocenters. The number of hydrogen-bond acceptors (Lipinski definition) is 4. The zero-order valence-electron chi connectivity index (χ0n) is 12.6. The number of fused-ring (bicyclic) bond motifs is 2. The molecule has 1 aromatic heterocycles. The van der Waals surface area contributed by atoms with Gasteiger partial charge in [-0.3, -0.25) is 9.78 Å². The molecule has 0 saturated heterocycles. The summed E-state index contributed by atoms with van der Waals surface area (Å²) < 4.78 is 0. The van der Waals surface area contributed by atoms with Crippen molar-refractivity contribution in [2.75, 3.05) is 0 Å². The van der Waals surface area contributed by atoms with Crippen LogP contribution in [0.15, 0.2) is 12.4 Å². The number of carbonyl (C=O) groups is 2. The van der Waals surface area contributed by atoms with Gasteiger partial charge in [0.2, 0.25) is 0 Å². The molecule has 0 aromatic carbocycles. The molecule has 1 heterocycles. The molecule has 7 heteroatoms. The summed E-state index contributed by atoms with van der Waals surface area (Å²) in [6.07, 6.45) is 6.89. The Kier molecular flexibility index (Phi) is 3.50. The van der Waals surface area contributed by atoms with Crippen LogP contribution >= 0.6 is 0 Å². The maximum absolute atomic E-state index is 12.4. The molecule has 1 aromatic rings. The zero-order valence-corrected chi connectivity index (χ0v) is 12.6. The quantitative estimate of drug-likeness (QED) is 0.787. The molecular weight excluding hydrogens is 284 g/mol. The first kappa shape index (κ1) is 14.7. The number of carbonyl (C=O) groups excluding carboxylic acids is 1. The lowest BCUT2D eigenvalue weighted by Gasteiger charge is -2.39. The fraction of sp³-hybridized carbons (Fsp3) is 0.600. The van der Waals surface area contributed by atoms with Gasteiger partial charge in [0.05, 0.1) is 11.9 Å². The van der Waals surface area contributed by atoms with Gasteiger partial charge in [0.25, 0.3) is 5.91 Å². The van der Waals surface area contributed by atoms with Crippen molar-refractivity contribution in [3.8, 4) is 0 Å². The van der Waals surface area contributed by atoms with Gasteiger partial charge in [-0.1, -0.05) is 0 Å². The van der Waals surface area contributed by atoms with E-state index in [0.29, 0.717) is 17.8 Å². The van der Waals surface area contributed by atoms with E-state index >= 15 is 0 Å². The van der Waals surface area contributed by atoms with Gasteiger partial charge in [0, 0.05) is 17.3 Å². The summed E-state index contributed by atoms with van der Waals surface area (Å²) in [6, 6.07) is 0. The lowest BCUT2D eigenvalue weighted by molar-refractivity contribution is 0.0864. The highest BCUT2D eigenvalue weighted by molar-refractivity contribution is 5.92. The van der Waals surface area contributed by atoms with Gasteiger partial charge in [-0.25, -0.2) is 9.78 Å². The monoisotopic (exact) mass is 304 g/mol. The number of carboxylic acid groups (broad SMARTS) is 1. The average molecular weight is 304 g/mol. The van der Waals surface area contributed by atoms with Gasteiger partial charge in [0.1, 0.15) is 5.69 Å². The lowest BCUT2D eigenvalue weighted by Crippen LogP contribution is -2.55. The molecule has 2 unspecified atom stereocenters. The van der Waals surface area contributed by atoms with E-state index in [4.69, 9.17) is 5.11 Å². The van der Waals surface area contributed by atoms with Gasteiger partial charge in [0.15, 0.2) is 0 Å². The smallest absolute Gasteiger partial charge is 0.405 e. The normalized spacial score (nSPS) is 29.9. The summed E-state index contributed by atoms with van der Waals surface area (Å²) in [6.45, 7) is 1.79. The van der Waals surface area contributed by atoms with Crippen LogP contribution in [0.2, 0.25) is 0 Å². The van der Waals surface area contributed by atoms with E-state index < -0.39 is 11.6 Å². The number of nitrogens with zero attached hydrogens (tertiary/aromatic N) is 2. The predicted octanol–water partition coefficient (Wildman–Crippen LogP) is 1.63. The van der Waals surface area contributed by atoms with Gasteiger partial charge in [-0.15, -0.1) is 0 Å². The molecule has 0 spiro atoms. The van der Waals surface area contributed by atoms with Crippen LogP contribution in [0.25, 0.3) is 0 Å². The molecule has 0 radical (unpaired) electrons. The minimum absolute atomic E-state index is 0.232. The van der Waals surface area contributed by atoms with Crippen LogP contribution in [-0.4, -0.2) is 38.2 Å². The molecule has 7 nitrogen and oxygen atoms in total. The third kappa shape index (κ3) is 2.75. The zero-order chi connectivity index (χ0) is 15.8. The number of aromatic nitrogens is 2. The van der Waals surface area contributed by atoms with Gasteiger partial charge in [-0.2, -0.15) is 0 Å². The van der Waals surface area contributed by atoms with Crippen molar-refractivity contribution in [3.05, 3.63) is 23.8 Å². The molecule has 22 heavy (non-hydrogen) atoms. The topological polar surface area (TPSA) is 104 Å². The molecule has 2 aliphatic carbocycles. The Balaban J connectivity index is 1.75. The molecule has 2 aliphatic rings. The Morgan fingerprint density at radius 1 is 1.14 bits per heavy atom. The van der Waals surface area contributed by atoms with Crippen molar-refractivity contribution in [3.63, 3.8) is 0 Å². The first-order valence-electron chi connectivity index (χ1n) is 7.54. The number of hydrogen-bond donors (Lipinski definition) is 3. The summed E-state index contributed by atoms with van der Waals surface area (Å²) in [5.41, 5.74) is 0.282. The SMILES string of the molecule is Cc1cncc(C(=O)NC23CCCC(NC(=O)O)(CC2)C3)n1. The summed E-state index contributed by atoms with van der Waals surface area (Å²) in [5.74, 6) is -0.232. The average Bonchev–Trinajstić information content (AvgIpc) is 2.68. The fourth-order valence-corrected chi connectivity index (χ4v) is 3.94. The van der Waals surface area contributed by atoms with Crippen LogP contribution in [0.4, 0.5) is 4.79 Å². The molecule has 2 saturated carbocycles. The van der Waals surface area contributed by atoms with Crippen molar-refractivity contribution in [1.29, 1.82) is 0 Å². The largest absolute Gasteiger partial charge is 0.465 e. The highest BCUT2D eigenvalue weighted by Gasteiger charge is 2.52. The van der Waals surface area contributed by atoms with Crippen LogP contribution in [0.5, 0.6) is 0 Å². The van der Waals surface area contributed by atoms with E-state index in [1.807, 2.05) is 0 Å². The van der Waals surface area contributed by atoms with Crippen LogP contribution < -0.4 is 10.6 Å². The van der Waals surface area contributed by atoms with Crippen molar-refractivity contribution in [2.24, 2.45) is 0 Å². The molecule has 2 fully saturated rings. The van der Waals surface area contributed by atoms with Crippen LogP contribution in [0.1, 0.15) is 54.7 Å². The second-order valence-corrected chi connectivity index (χ2v) is 6.52. The van der Waals surface area contributed by atoms with Crippen LogP contribution in [0.3, 0.4) is 0 Å². The Morgan fingerprint density at radius 2 is 1.82 bits per heavy atom. The number of nitrogens with one attached hydrogen (secondary N) is 2. The number of rotatable bonds is 3. The van der Waals surface area contributed by atoms with E-state index in [0.717, 1.165) is 32.1 Å². The third-order valence-electron chi connectivity index (χ3n) is 4.81. The number of amides is 2. The maximum Gasteiger partial charge on any atom is 0.405 e. The summed E-state index contributed by atoms with van der Waals surface area (Å²) in [5, 5.41) is 14.8. The molecule has 118 valence electrons. The third-order valence-corrected chi connectivity index (χ3v) is 4.81. The minimum Gasteiger partial charge on any atom is -0.465 e. The van der Waals surface area contributed by atoms with Crippen molar-refractivity contribution >= 4 is 12.0 Å². The number of aryl methyl sites for hydroxylation is 1. The molecule has 3 rings (SSSR count). The van der Waals surface area contributed by atoms with Gasteiger partial charge >= 0.3 is 6.09 Å².